The van der Waals surface area contributed by atoms with Gasteiger partial charge in [0.25, 0.3) is 0 Å². The molecule has 3 heteroatoms. The number of hydrogen-bond acceptors (Lipinski definition) is 0. The van der Waals surface area contributed by atoms with E-state index in [2.05, 4.69) is 107 Å². The van der Waals surface area contributed by atoms with Crippen LogP contribution in [0.15, 0.2) is 78.9 Å². The second-order valence-corrected chi connectivity index (χ2v) is 15.6. The standard InChI is InChI=1S/C18H25.C13H9.C9H10.2ClH.Zr/c1-12-3-13(2)17(4-12)11-18-8-14-5-15(9-18)7-16(6-14)10-18;1-3-7-12-10(5-1)9-11-6-2-4-8-13(11)12;1-3-9-6-4-8(2)5-7-9;;;/h3-4,14-16H,5-11H2,1-2H3;1-5,7-8H,9H2;4-7H,1-2H3;2*1H;/q2*-1;;;;+2/p-2. The summed E-state index contributed by atoms with van der Waals surface area (Å²) in [7, 11) is 0. The van der Waals surface area contributed by atoms with Gasteiger partial charge in [-0.05, 0) is 68.1 Å². The van der Waals surface area contributed by atoms with Crippen molar-refractivity contribution in [3.05, 3.63) is 124 Å². The van der Waals surface area contributed by atoms with Crippen LogP contribution in [0.5, 0.6) is 0 Å². The molecule has 0 spiro atoms. The molecular formula is C40H44Cl2Zr-2. The normalized spacial score (nSPS) is 23.3. The Morgan fingerprint density at radius 2 is 1.44 bits per heavy atom. The number of rotatable bonds is 3. The number of halogens is 2. The van der Waals surface area contributed by atoms with E-state index in [0.717, 1.165) is 24.2 Å². The smallest absolute Gasteiger partial charge is 0.0253 e. The fraction of sp³-hybridized carbons (Fsp3) is 0.400. The van der Waals surface area contributed by atoms with E-state index in [1.54, 1.807) is 49.7 Å². The van der Waals surface area contributed by atoms with Crippen molar-refractivity contribution >= 4 is 3.21 Å². The second-order valence-electron chi connectivity index (χ2n) is 13.7. The van der Waals surface area contributed by atoms with E-state index in [-0.39, 0.29) is 24.8 Å². The van der Waals surface area contributed by atoms with E-state index in [4.69, 9.17) is 0 Å². The first-order valence-corrected chi connectivity index (χ1v) is 16.9. The maximum atomic E-state index is 3.30. The summed E-state index contributed by atoms with van der Waals surface area (Å²) in [5, 5.41) is 0. The van der Waals surface area contributed by atoms with Crippen LogP contribution in [0.25, 0.3) is 11.1 Å². The molecule has 224 valence electrons. The molecule has 0 nitrogen and oxygen atoms in total. The topological polar surface area (TPSA) is 0 Å². The summed E-state index contributed by atoms with van der Waals surface area (Å²) in [6, 6.07) is 31.6. The molecule has 4 saturated carbocycles. The van der Waals surface area contributed by atoms with E-state index in [9.17, 15) is 0 Å². The van der Waals surface area contributed by atoms with Crippen LogP contribution in [0, 0.1) is 50.0 Å². The van der Waals surface area contributed by atoms with Crippen molar-refractivity contribution in [1.29, 1.82) is 0 Å². The van der Waals surface area contributed by atoms with Crippen molar-refractivity contribution in [1.82, 2.24) is 0 Å². The van der Waals surface area contributed by atoms with Crippen LogP contribution in [-0.2, 0) is 37.1 Å². The molecular weight excluding hydrogens is 643 g/mol. The fourth-order valence-electron chi connectivity index (χ4n) is 8.77. The SMILES string of the molecule is C[C](=[Zr+2])c1ccc(C)cc1.Cc1cc(CC23CC4CC(CC(C4)C2)C3)c(C)[cH-]1.[Cl-].[Cl-].[c-]1cccc2c1Cc1ccccc1-2. The predicted octanol–water partition coefficient (Wildman–Crippen LogP) is 3.93. The minimum absolute atomic E-state index is 0. The molecule has 0 aromatic heterocycles. The van der Waals surface area contributed by atoms with Crippen LogP contribution in [-0.4, -0.2) is 3.21 Å². The Kier molecular flexibility index (Phi) is 11.6. The van der Waals surface area contributed by atoms with Gasteiger partial charge in [0.15, 0.2) is 0 Å². The average Bonchev–Trinajstić information content (AvgIpc) is 3.47. The molecule has 0 saturated heterocycles. The van der Waals surface area contributed by atoms with Gasteiger partial charge < -0.3 is 24.8 Å². The van der Waals surface area contributed by atoms with Crippen molar-refractivity contribution in [2.45, 2.75) is 79.1 Å². The zero-order valence-electron chi connectivity index (χ0n) is 26.2. The maximum Gasteiger partial charge on any atom is -0.0253 e. The zero-order valence-corrected chi connectivity index (χ0v) is 30.1. The van der Waals surface area contributed by atoms with Crippen LogP contribution in [0.1, 0.15) is 84.4 Å². The summed E-state index contributed by atoms with van der Waals surface area (Å²) in [4.78, 5) is 0. The third kappa shape index (κ3) is 7.96. The third-order valence-electron chi connectivity index (χ3n) is 10.2. The Morgan fingerprint density at radius 3 is 2.02 bits per heavy atom. The number of fused-ring (bicyclic) bond motifs is 3. The largest absolute Gasteiger partial charge is 1.00 e. The first kappa shape index (κ1) is 34.2. The molecule has 4 bridgehead atoms. The summed E-state index contributed by atoms with van der Waals surface area (Å²) in [5.41, 5.74) is 13.6. The van der Waals surface area contributed by atoms with E-state index in [0.29, 0.717) is 5.41 Å². The van der Waals surface area contributed by atoms with Crippen LogP contribution in [0.3, 0.4) is 0 Å². The molecule has 9 rings (SSSR count). The van der Waals surface area contributed by atoms with Gasteiger partial charge in [-0.3, -0.25) is 0 Å². The molecule has 0 N–H and O–H groups in total. The van der Waals surface area contributed by atoms with Crippen molar-refractivity contribution in [3.8, 4) is 11.1 Å². The maximum absolute atomic E-state index is 3.30. The van der Waals surface area contributed by atoms with E-state index in [1.165, 1.54) is 72.8 Å². The summed E-state index contributed by atoms with van der Waals surface area (Å²) in [6.45, 7) is 8.84. The van der Waals surface area contributed by atoms with Gasteiger partial charge in [-0.2, -0.15) is 52.6 Å². The second kappa shape index (κ2) is 14.6. The van der Waals surface area contributed by atoms with Crippen molar-refractivity contribution in [2.75, 3.05) is 0 Å². The molecule has 0 unspecified atom stereocenters. The predicted molar refractivity (Wildman–Crippen MR) is 170 cm³/mol. The molecule has 4 fully saturated rings. The van der Waals surface area contributed by atoms with Gasteiger partial charge in [-0.1, -0.05) is 55.7 Å². The Morgan fingerprint density at radius 1 is 0.837 bits per heavy atom. The van der Waals surface area contributed by atoms with Crippen LogP contribution >= 0.6 is 0 Å². The molecule has 0 aliphatic heterocycles. The molecule has 0 radical (unpaired) electrons. The molecule has 5 aliphatic rings. The molecule has 0 atom stereocenters. The van der Waals surface area contributed by atoms with E-state index >= 15 is 0 Å². The van der Waals surface area contributed by atoms with Gasteiger partial charge in [-0.15, -0.1) is 5.56 Å². The van der Waals surface area contributed by atoms with Crippen molar-refractivity contribution in [2.24, 2.45) is 23.2 Å². The van der Waals surface area contributed by atoms with Crippen molar-refractivity contribution in [3.63, 3.8) is 0 Å². The zero-order chi connectivity index (χ0) is 28.6. The molecule has 43 heavy (non-hydrogen) atoms. The van der Waals surface area contributed by atoms with E-state index < -0.39 is 0 Å². The van der Waals surface area contributed by atoms with Gasteiger partial charge in [0.1, 0.15) is 0 Å². The van der Waals surface area contributed by atoms with Gasteiger partial charge in [0.2, 0.25) is 0 Å². The minimum atomic E-state index is 0. The molecule has 0 heterocycles. The summed E-state index contributed by atoms with van der Waals surface area (Å²) in [6.07, 6.45) is 11.8. The summed E-state index contributed by atoms with van der Waals surface area (Å²) >= 11 is 1.51. The van der Waals surface area contributed by atoms with Gasteiger partial charge >= 0.3 is 76.7 Å². The first-order valence-electron chi connectivity index (χ1n) is 15.7. The number of aryl methyl sites for hydroxylation is 3. The molecule has 4 aromatic rings. The molecule has 5 aliphatic carbocycles. The van der Waals surface area contributed by atoms with Crippen LogP contribution in [0.2, 0.25) is 0 Å². The molecule has 0 amide bonds. The monoisotopic (exact) mass is 684 g/mol. The summed E-state index contributed by atoms with van der Waals surface area (Å²) < 4.78 is 1.46. The molecule has 4 aromatic carbocycles. The third-order valence-corrected chi connectivity index (χ3v) is 10.9. The van der Waals surface area contributed by atoms with Gasteiger partial charge in [-0.25, -0.2) is 6.07 Å². The minimum Gasteiger partial charge on any atom is -1.00 e. The van der Waals surface area contributed by atoms with Crippen LogP contribution in [0.4, 0.5) is 0 Å². The van der Waals surface area contributed by atoms with E-state index in [1.807, 2.05) is 6.07 Å². The Bertz CT molecular complexity index is 1450. The average molecular weight is 687 g/mol. The Balaban J connectivity index is 0.000000151. The number of hydrogen-bond donors (Lipinski definition) is 0. The number of benzene rings is 3. The van der Waals surface area contributed by atoms with Crippen LogP contribution < -0.4 is 24.8 Å². The first-order chi connectivity index (χ1) is 19.8. The van der Waals surface area contributed by atoms with Gasteiger partial charge in [0.05, 0.1) is 0 Å². The summed E-state index contributed by atoms with van der Waals surface area (Å²) in [5.74, 6) is 3.27. The fourth-order valence-corrected chi connectivity index (χ4v) is 9.18. The quantitative estimate of drug-likeness (QED) is 0.253. The van der Waals surface area contributed by atoms with Gasteiger partial charge in [0, 0.05) is 0 Å². The van der Waals surface area contributed by atoms with Crippen molar-refractivity contribution < 1.29 is 49.0 Å². The Labute approximate surface area is 287 Å². The Hall–Kier alpha value is -1.66.